The second-order valence-corrected chi connectivity index (χ2v) is 6.92. The van der Waals surface area contributed by atoms with Crippen molar-refractivity contribution >= 4 is 39.6 Å². The number of likely N-dealkylation sites (N-methyl/N-ethyl adjacent to an activating group) is 1. The van der Waals surface area contributed by atoms with Gasteiger partial charge in [0, 0.05) is 59.8 Å². The zero-order valence-corrected chi connectivity index (χ0v) is 15.0. The summed E-state index contributed by atoms with van der Waals surface area (Å²) in [6.07, 6.45) is 1.81. The van der Waals surface area contributed by atoms with Crippen LogP contribution in [-0.2, 0) is 0 Å². The van der Waals surface area contributed by atoms with E-state index in [1.54, 1.807) is 6.20 Å². The van der Waals surface area contributed by atoms with Crippen molar-refractivity contribution < 1.29 is 0 Å². The van der Waals surface area contributed by atoms with E-state index in [-0.39, 0.29) is 0 Å². The lowest BCUT2D eigenvalue weighted by molar-refractivity contribution is 0.313. The van der Waals surface area contributed by atoms with Gasteiger partial charge in [-0.2, -0.15) is 0 Å². The molecule has 128 valence electrons. The first-order valence-corrected chi connectivity index (χ1v) is 8.92. The van der Waals surface area contributed by atoms with E-state index in [1.807, 2.05) is 24.3 Å². The van der Waals surface area contributed by atoms with Gasteiger partial charge in [-0.15, -0.1) is 0 Å². The van der Waals surface area contributed by atoms with Crippen LogP contribution in [0.3, 0.4) is 0 Å². The molecule has 4 nitrogen and oxygen atoms in total. The summed E-state index contributed by atoms with van der Waals surface area (Å²) in [5, 5.41) is 5.26. The summed E-state index contributed by atoms with van der Waals surface area (Å²) in [5.41, 5.74) is 4.28. The van der Waals surface area contributed by atoms with Crippen LogP contribution in [0, 0.1) is 0 Å². The molecule has 1 aromatic heterocycles. The molecule has 2 heterocycles. The largest absolute Gasteiger partial charge is 0.369 e. The molecule has 0 saturated carbocycles. The number of hydrogen-bond donors (Lipinski definition) is 1. The Kier molecular flexibility index (Phi) is 4.47. The Morgan fingerprint density at radius 2 is 1.72 bits per heavy atom. The number of anilines is 3. The molecule has 3 aromatic rings. The van der Waals surface area contributed by atoms with Gasteiger partial charge < -0.3 is 15.1 Å². The molecule has 4 rings (SSSR count). The second kappa shape index (κ2) is 6.90. The zero-order chi connectivity index (χ0) is 17.2. The SMILES string of the molecule is CN1CCN(c2ccc(Nc3ccnc4cc(Cl)ccc34)cc2)CC1. The molecule has 0 radical (unpaired) electrons. The molecule has 0 unspecified atom stereocenters. The summed E-state index contributed by atoms with van der Waals surface area (Å²) in [6.45, 7) is 4.40. The number of halogens is 1. The summed E-state index contributed by atoms with van der Waals surface area (Å²) in [5.74, 6) is 0. The molecule has 0 aliphatic carbocycles. The Bertz CT molecular complexity index is 871. The van der Waals surface area contributed by atoms with Crippen LogP contribution in [0.15, 0.2) is 54.7 Å². The van der Waals surface area contributed by atoms with E-state index in [2.05, 4.69) is 51.4 Å². The number of piperazine rings is 1. The third-order valence-electron chi connectivity index (χ3n) is 4.72. The number of aromatic nitrogens is 1. The van der Waals surface area contributed by atoms with Gasteiger partial charge in [0.1, 0.15) is 0 Å². The van der Waals surface area contributed by atoms with Gasteiger partial charge in [-0.25, -0.2) is 0 Å². The minimum absolute atomic E-state index is 0.702. The Hall–Kier alpha value is -2.30. The van der Waals surface area contributed by atoms with E-state index >= 15 is 0 Å². The number of fused-ring (bicyclic) bond motifs is 1. The van der Waals surface area contributed by atoms with Crippen LogP contribution in [-0.4, -0.2) is 43.1 Å². The average Bonchev–Trinajstić information content (AvgIpc) is 2.63. The molecule has 0 amide bonds. The summed E-state index contributed by atoms with van der Waals surface area (Å²) in [7, 11) is 2.18. The van der Waals surface area contributed by atoms with E-state index in [9.17, 15) is 0 Å². The van der Waals surface area contributed by atoms with Gasteiger partial charge in [0.05, 0.1) is 5.52 Å². The highest BCUT2D eigenvalue weighted by Gasteiger charge is 2.14. The lowest BCUT2D eigenvalue weighted by Crippen LogP contribution is -2.44. The molecule has 1 N–H and O–H groups in total. The fourth-order valence-electron chi connectivity index (χ4n) is 3.21. The van der Waals surface area contributed by atoms with Crippen LogP contribution in [0.4, 0.5) is 17.1 Å². The second-order valence-electron chi connectivity index (χ2n) is 6.48. The number of nitrogens with zero attached hydrogens (tertiary/aromatic N) is 3. The third kappa shape index (κ3) is 3.55. The molecule has 1 aliphatic rings. The Labute approximate surface area is 153 Å². The molecular formula is C20H21ClN4. The van der Waals surface area contributed by atoms with Gasteiger partial charge in [-0.1, -0.05) is 11.6 Å². The average molecular weight is 353 g/mol. The van der Waals surface area contributed by atoms with Crippen LogP contribution in [0.1, 0.15) is 0 Å². The highest BCUT2D eigenvalue weighted by molar-refractivity contribution is 6.31. The topological polar surface area (TPSA) is 31.4 Å². The quantitative estimate of drug-likeness (QED) is 0.757. The van der Waals surface area contributed by atoms with Crippen molar-refractivity contribution in [2.45, 2.75) is 0 Å². The monoisotopic (exact) mass is 352 g/mol. The van der Waals surface area contributed by atoms with Crippen molar-refractivity contribution in [3.05, 3.63) is 59.8 Å². The smallest absolute Gasteiger partial charge is 0.0737 e. The Balaban J connectivity index is 1.54. The maximum atomic E-state index is 6.06. The van der Waals surface area contributed by atoms with Crippen LogP contribution >= 0.6 is 11.6 Å². The maximum absolute atomic E-state index is 6.06. The fraction of sp³-hybridized carbons (Fsp3) is 0.250. The number of pyridine rings is 1. The Morgan fingerprint density at radius 3 is 2.48 bits per heavy atom. The van der Waals surface area contributed by atoms with Crippen LogP contribution < -0.4 is 10.2 Å². The van der Waals surface area contributed by atoms with Crippen LogP contribution in [0.2, 0.25) is 5.02 Å². The third-order valence-corrected chi connectivity index (χ3v) is 4.95. The summed E-state index contributed by atoms with van der Waals surface area (Å²) in [4.78, 5) is 9.20. The predicted octanol–water partition coefficient (Wildman–Crippen LogP) is 4.38. The van der Waals surface area contributed by atoms with Crippen molar-refractivity contribution in [1.82, 2.24) is 9.88 Å². The first-order valence-electron chi connectivity index (χ1n) is 8.54. The highest BCUT2D eigenvalue weighted by Crippen LogP contribution is 2.28. The van der Waals surface area contributed by atoms with Crippen molar-refractivity contribution in [2.24, 2.45) is 0 Å². The first kappa shape index (κ1) is 16.2. The van der Waals surface area contributed by atoms with Gasteiger partial charge in [-0.3, -0.25) is 4.98 Å². The van der Waals surface area contributed by atoms with E-state index in [0.717, 1.165) is 48.5 Å². The lowest BCUT2D eigenvalue weighted by atomic mass is 10.1. The molecular weight excluding hydrogens is 332 g/mol. The molecule has 0 atom stereocenters. The first-order chi connectivity index (χ1) is 12.2. The summed E-state index contributed by atoms with van der Waals surface area (Å²) >= 11 is 6.06. The van der Waals surface area contributed by atoms with E-state index in [0.29, 0.717) is 5.02 Å². The Morgan fingerprint density at radius 1 is 0.960 bits per heavy atom. The van der Waals surface area contributed by atoms with Crippen molar-refractivity contribution in [3.8, 4) is 0 Å². The molecule has 1 fully saturated rings. The fourth-order valence-corrected chi connectivity index (χ4v) is 3.37. The molecule has 25 heavy (non-hydrogen) atoms. The normalized spacial score (nSPS) is 15.5. The summed E-state index contributed by atoms with van der Waals surface area (Å²) < 4.78 is 0. The standard InChI is InChI=1S/C20H21ClN4/c1-24-10-12-25(13-11-24)17-5-3-16(4-6-17)23-19-8-9-22-20-14-15(21)2-7-18(19)20/h2-9,14H,10-13H2,1H3,(H,22,23). The van der Waals surface area contributed by atoms with Gasteiger partial charge in [0.15, 0.2) is 0 Å². The number of nitrogens with one attached hydrogen (secondary N) is 1. The maximum Gasteiger partial charge on any atom is 0.0737 e. The minimum Gasteiger partial charge on any atom is -0.369 e. The molecule has 1 aliphatic heterocycles. The predicted molar refractivity (Wildman–Crippen MR) is 106 cm³/mol. The molecule has 0 bridgehead atoms. The molecule has 0 spiro atoms. The number of hydrogen-bond acceptors (Lipinski definition) is 4. The van der Waals surface area contributed by atoms with Gasteiger partial charge in [0.25, 0.3) is 0 Å². The summed E-state index contributed by atoms with van der Waals surface area (Å²) in [6, 6.07) is 16.4. The van der Waals surface area contributed by atoms with Crippen LogP contribution in [0.25, 0.3) is 10.9 Å². The van der Waals surface area contributed by atoms with Crippen molar-refractivity contribution in [3.63, 3.8) is 0 Å². The molecule has 2 aromatic carbocycles. The number of rotatable bonds is 3. The highest BCUT2D eigenvalue weighted by atomic mass is 35.5. The molecule has 5 heteroatoms. The molecule has 1 saturated heterocycles. The van der Waals surface area contributed by atoms with E-state index < -0.39 is 0 Å². The van der Waals surface area contributed by atoms with Crippen LogP contribution in [0.5, 0.6) is 0 Å². The zero-order valence-electron chi connectivity index (χ0n) is 14.2. The lowest BCUT2D eigenvalue weighted by Gasteiger charge is -2.34. The van der Waals surface area contributed by atoms with Gasteiger partial charge in [-0.05, 0) is 55.6 Å². The van der Waals surface area contributed by atoms with Gasteiger partial charge in [0.2, 0.25) is 0 Å². The minimum atomic E-state index is 0.702. The van der Waals surface area contributed by atoms with E-state index in [1.165, 1.54) is 5.69 Å². The number of benzene rings is 2. The van der Waals surface area contributed by atoms with Gasteiger partial charge >= 0.3 is 0 Å². The van der Waals surface area contributed by atoms with Crippen molar-refractivity contribution in [2.75, 3.05) is 43.4 Å². The van der Waals surface area contributed by atoms with Crippen molar-refractivity contribution in [1.29, 1.82) is 0 Å². The van der Waals surface area contributed by atoms with E-state index in [4.69, 9.17) is 11.6 Å².